The highest BCUT2D eigenvalue weighted by Crippen LogP contribution is 2.20. The van der Waals surface area contributed by atoms with Gasteiger partial charge in [-0.25, -0.2) is 0 Å². The Labute approximate surface area is 191 Å². The van der Waals surface area contributed by atoms with Gasteiger partial charge in [-0.1, -0.05) is 86.6 Å². The summed E-state index contributed by atoms with van der Waals surface area (Å²) in [6, 6.07) is 24.1. The molecule has 32 heavy (non-hydrogen) atoms. The maximum atomic E-state index is 13.3. The van der Waals surface area contributed by atoms with E-state index < -0.39 is 6.04 Å². The number of carbonyl (C=O) groups excluding carboxylic acids is 2. The molecule has 0 saturated carbocycles. The summed E-state index contributed by atoms with van der Waals surface area (Å²) in [4.78, 5) is 27.8. The van der Waals surface area contributed by atoms with Crippen LogP contribution in [-0.2, 0) is 22.4 Å². The van der Waals surface area contributed by atoms with Crippen molar-refractivity contribution in [2.75, 3.05) is 13.1 Å². The van der Waals surface area contributed by atoms with Gasteiger partial charge in [0, 0.05) is 19.5 Å². The molecule has 168 valence electrons. The smallest absolute Gasteiger partial charge is 0.242 e. The lowest BCUT2D eigenvalue weighted by atomic mass is 10.0. The normalized spacial score (nSPS) is 12.0. The molecule has 4 nitrogen and oxygen atoms in total. The molecule has 0 aliphatic rings. The van der Waals surface area contributed by atoms with E-state index >= 15 is 0 Å². The predicted molar refractivity (Wildman–Crippen MR) is 131 cm³/mol. The van der Waals surface area contributed by atoms with Crippen LogP contribution >= 0.6 is 0 Å². The van der Waals surface area contributed by atoms with Crippen molar-refractivity contribution in [1.29, 1.82) is 0 Å². The van der Waals surface area contributed by atoms with Crippen molar-refractivity contribution in [3.63, 3.8) is 0 Å². The third-order valence-electron chi connectivity index (χ3n) is 5.82. The minimum Gasteiger partial charge on any atom is -0.354 e. The fraction of sp³-hybridized carbons (Fsp3) is 0.357. The zero-order valence-corrected chi connectivity index (χ0v) is 19.4. The molecule has 0 heterocycles. The second kappa shape index (κ2) is 11.5. The number of benzene rings is 3. The minimum atomic E-state index is -0.502. The Kier molecular flexibility index (Phi) is 8.43. The molecule has 0 aliphatic carbocycles. The van der Waals surface area contributed by atoms with Crippen LogP contribution in [0.25, 0.3) is 10.8 Å². The first-order valence-corrected chi connectivity index (χ1v) is 11.5. The molecule has 0 radical (unpaired) electrons. The van der Waals surface area contributed by atoms with Crippen molar-refractivity contribution in [3.05, 3.63) is 83.9 Å². The van der Waals surface area contributed by atoms with Crippen LogP contribution in [0, 0.1) is 5.92 Å². The van der Waals surface area contributed by atoms with Gasteiger partial charge >= 0.3 is 0 Å². The summed E-state index contributed by atoms with van der Waals surface area (Å²) in [5.74, 6) is 0.289. The van der Waals surface area contributed by atoms with Gasteiger partial charge in [0.25, 0.3) is 0 Å². The van der Waals surface area contributed by atoms with E-state index in [2.05, 4.69) is 55.6 Å². The monoisotopic (exact) mass is 430 g/mol. The Morgan fingerprint density at radius 1 is 0.844 bits per heavy atom. The zero-order valence-electron chi connectivity index (χ0n) is 19.4. The van der Waals surface area contributed by atoms with E-state index in [0.29, 0.717) is 31.8 Å². The van der Waals surface area contributed by atoms with E-state index in [1.54, 1.807) is 4.90 Å². The van der Waals surface area contributed by atoms with Gasteiger partial charge in [-0.2, -0.15) is 0 Å². The average molecular weight is 431 g/mol. The number of hydrogen-bond donors (Lipinski definition) is 1. The van der Waals surface area contributed by atoms with Crippen LogP contribution in [0.1, 0.15) is 38.3 Å². The van der Waals surface area contributed by atoms with Crippen LogP contribution in [0.2, 0.25) is 0 Å². The molecule has 3 aromatic carbocycles. The number of rotatable bonds is 10. The maximum Gasteiger partial charge on any atom is 0.242 e. The Morgan fingerprint density at radius 3 is 2.28 bits per heavy atom. The first kappa shape index (κ1) is 23.5. The zero-order chi connectivity index (χ0) is 22.9. The first-order chi connectivity index (χ1) is 15.5. The van der Waals surface area contributed by atoms with Gasteiger partial charge in [0.15, 0.2) is 0 Å². The standard InChI is InChI=1S/C28H34N2O2/c1-21(2)20-29-28(32)22(3)30(19-18-23-10-5-4-6-11-23)27(31)17-16-25-14-9-13-24-12-7-8-15-26(24)25/h4-15,21-22H,16-20H2,1-3H3,(H,29,32)/t22-/m0/s1. The summed E-state index contributed by atoms with van der Waals surface area (Å²) in [7, 11) is 0. The molecule has 0 aliphatic heterocycles. The fourth-order valence-electron chi connectivity index (χ4n) is 3.92. The van der Waals surface area contributed by atoms with E-state index in [9.17, 15) is 9.59 Å². The van der Waals surface area contributed by atoms with Crippen molar-refractivity contribution >= 4 is 22.6 Å². The maximum absolute atomic E-state index is 13.3. The molecule has 0 aromatic heterocycles. The molecule has 1 N–H and O–H groups in total. The van der Waals surface area contributed by atoms with Gasteiger partial charge in [-0.15, -0.1) is 0 Å². The number of hydrogen-bond acceptors (Lipinski definition) is 2. The molecular weight excluding hydrogens is 396 g/mol. The van der Waals surface area contributed by atoms with Crippen molar-refractivity contribution < 1.29 is 9.59 Å². The quantitative estimate of drug-likeness (QED) is 0.492. The molecule has 3 aromatic rings. The Balaban J connectivity index is 1.71. The third kappa shape index (κ3) is 6.43. The highest BCUT2D eigenvalue weighted by Gasteiger charge is 2.25. The average Bonchev–Trinajstić information content (AvgIpc) is 2.81. The van der Waals surface area contributed by atoms with Crippen molar-refractivity contribution in [3.8, 4) is 0 Å². The summed E-state index contributed by atoms with van der Waals surface area (Å²) in [5.41, 5.74) is 2.32. The molecule has 1 atom stereocenters. The van der Waals surface area contributed by atoms with Crippen LogP contribution in [0.3, 0.4) is 0 Å². The molecule has 0 fully saturated rings. The van der Waals surface area contributed by atoms with Gasteiger partial charge < -0.3 is 10.2 Å². The Bertz CT molecular complexity index is 1020. The topological polar surface area (TPSA) is 49.4 Å². The molecule has 0 bridgehead atoms. The van der Waals surface area contributed by atoms with Crippen LogP contribution < -0.4 is 5.32 Å². The Hall–Kier alpha value is -3.14. The number of carbonyl (C=O) groups is 2. The van der Waals surface area contributed by atoms with E-state index in [1.807, 2.05) is 43.3 Å². The van der Waals surface area contributed by atoms with Crippen molar-refractivity contribution in [1.82, 2.24) is 10.2 Å². The summed E-state index contributed by atoms with van der Waals surface area (Å²) in [6.07, 6.45) is 1.76. The highest BCUT2D eigenvalue weighted by molar-refractivity contribution is 5.88. The highest BCUT2D eigenvalue weighted by atomic mass is 16.2. The van der Waals surface area contributed by atoms with Gasteiger partial charge in [0.05, 0.1) is 0 Å². The second-order valence-corrected chi connectivity index (χ2v) is 8.78. The van der Waals surface area contributed by atoms with Crippen molar-refractivity contribution in [2.45, 2.75) is 46.1 Å². The summed E-state index contributed by atoms with van der Waals surface area (Å²) in [5, 5.41) is 5.34. The summed E-state index contributed by atoms with van der Waals surface area (Å²) in [6.45, 7) is 7.09. The molecule has 0 unspecified atom stereocenters. The SMILES string of the molecule is CC(C)CNC(=O)[C@H](C)N(CCc1ccccc1)C(=O)CCc1cccc2ccccc12. The lowest BCUT2D eigenvalue weighted by molar-refractivity contribution is -0.139. The predicted octanol–water partition coefficient (Wildman–Crippen LogP) is 5.00. The van der Waals surface area contributed by atoms with E-state index in [-0.39, 0.29) is 11.8 Å². The number of nitrogens with one attached hydrogen (secondary N) is 1. The number of fused-ring (bicyclic) bond motifs is 1. The number of amides is 2. The fourth-order valence-corrected chi connectivity index (χ4v) is 3.92. The molecule has 2 amide bonds. The van der Waals surface area contributed by atoms with E-state index in [1.165, 1.54) is 10.8 Å². The minimum absolute atomic E-state index is 0.0149. The molecular formula is C28H34N2O2. The van der Waals surface area contributed by atoms with Gasteiger partial charge in [-0.05, 0) is 47.6 Å². The lowest BCUT2D eigenvalue weighted by Gasteiger charge is -2.29. The molecule has 0 saturated heterocycles. The summed E-state index contributed by atoms with van der Waals surface area (Å²) < 4.78 is 0. The van der Waals surface area contributed by atoms with Gasteiger partial charge in [0.1, 0.15) is 6.04 Å². The third-order valence-corrected chi connectivity index (χ3v) is 5.82. The molecule has 4 heteroatoms. The van der Waals surface area contributed by atoms with Crippen LogP contribution in [0.5, 0.6) is 0 Å². The van der Waals surface area contributed by atoms with Crippen LogP contribution in [-0.4, -0.2) is 35.8 Å². The van der Waals surface area contributed by atoms with Gasteiger partial charge in [0.2, 0.25) is 11.8 Å². The number of nitrogens with zero attached hydrogens (tertiary/aromatic N) is 1. The largest absolute Gasteiger partial charge is 0.354 e. The van der Waals surface area contributed by atoms with Crippen LogP contribution in [0.4, 0.5) is 0 Å². The Morgan fingerprint density at radius 2 is 1.53 bits per heavy atom. The van der Waals surface area contributed by atoms with Crippen molar-refractivity contribution in [2.24, 2.45) is 5.92 Å². The number of aryl methyl sites for hydroxylation is 1. The van der Waals surface area contributed by atoms with E-state index in [0.717, 1.165) is 17.5 Å². The van der Waals surface area contributed by atoms with E-state index in [4.69, 9.17) is 0 Å². The van der Waals surface area contributed by atoms with Crippen LogP contribution in [0.15, 0.2) is 72.8 Å². The second-order valence-electron chi connectivity index (χ2n) is 8.78. The summed E-state index contributed by atoms with van der Waals surface area (Å²) >= 11 is 0. The van der Waals surface area contributed by atoms with Gasteiger partial charge in [-0.3, -0.25) is 9.59 Å². The lowest BCUT2D eigenvalue weighted by Crippen LogP contribution is -2.49. The molecule has 0 spiro atoms. The first-order valence-electron chi connectivity index (χ1n) is 11.5. The molecule has 3 rings (SSSR count).